The molecule has 1 atom stereocenters. The van der Waals surface area contributed by atoms with Crippen LogP contribution < -0.4 is 10.6 Å². The van der Waals surface area contributed by atoms with Crippen molar-refractivity contribution in [2.75, 3.05) is 19.0 Å². The summed E-state index contributed by atoms with van der Waals surface area (Å²) in [6.45, 7) is 0. The highest BCUT2D eigenvalue weighted by atomic mass is 19.4. The van der Waals surface area contributed by atoms with E-state index >= 15 is 0 Å². The minimum absolute atomic E-state index is 0.00152. The van der Waals surface area contributed by atoms with Gasteiger partial charge in [-0.2, -0.15) is 18.2 Å². The molecular formula is C17H21F3N4O2. The third kappa shape index (κ3) is 4.96. The SMILES string of the molecule is CN(C)c1ccccc1C(CCCCc1noc(C(F)(F)F)n1)C(N)=O. The van der Waals surface area contributed by atoms with E-state index in [1.54, 1.807) is 0 Å². The van der Waals surface area contributed by atoms with Crippen molar-refractivity contribution in [2.24, 2.45) is 5.73 Å². The highest BCUT2D eigenvalue weighted by Crippen LogP contribution is 2.30. The lowest BCUT2D eigenvalue weighted by Gasteiger charge is -2.22. The molecule has 26 heavy (non-hydrogen) atoms. The van der Waals surface area contributed by atoms with Crippen molar-refractivity contribution < 1.29 is 22.5 Å². The third-order valence-corrected chi connectivity index (χ3v) is 3.99. The Balaban J connectivity index is 1.96. The normalized spacial score (nSPS) is 12.8. The topological polar surface area (TPSA) is 85.2 Å². The van der Waals surface area contributed by atoms with Crippen LogP contribution >= 0.6 is 0 Å². The second-order valence-corrected chi connectivity index (χ2v) is 6.17. The summed E-state index contributed by atoms with van der Waals surface area (Å²) >= 11 is 0. The maximum Gasteiger partial charge on any atom is 0.471 e. The largest absolute Gasteiger partial charge is 0.471 e. The zero-order valence-corrected chi connectivity index (χ0v) is 14.6. The van der Waals surface area contributed by atoms with E-state index in [2.05, 4.69) is 14.7 Å². The molecule has 0 saturated carbocycles. The van der Waals surface area contributed by atoms with Gasteiger partial charge in [0.15, 0.2) is 5.82 Å². The number of nitrogens with two attached hydrogens (primary N) is 1. The summed E-state index contributed by atoms with van der Waals surface area (Å²) in [6.07, 6.45) is -2.81. The van der Waals surface area contributed by atoms with E-state index in [1.165, 1.54) is 0 Å². The van der Waals surface area contributed by atoms with Crippen molar-refractivity contribution in [1.82, 2.24) is 10.1 Å². The maximum atomic E-state index is 12.4. The predicted molar refractivity (Wildman–Crippen MR) is 89.6 cm³/mol. The lowest BCUT2D eigenvalue weighted by Crippen LogP contribution is -2.24. The Morgan fingerprint density at radius 1 is 1.27 bits per heavy atom. The number of hydrogen-bond acceptors (Lipinski definition) is 5. The van der Waals surface area contributed by atoms with Crippen molar-refractivity contribution in [2.45, 2.75) is 37.8 Å². The smallest absolute Gasteiger partial charge is 0.377 e. The molecule has 1 amide bonds. The number of alkyl halides is 3. The van der Waals surface area contributed by atoms with E-state index in [9.17, 15) is 18.0 Å². The van der Waals surface area contributed by atoms with Gasteiger partial charge in [0.25, 0.3) is 0 Å². The zero-order valence-electron chi connectivity index (χ0n) is 14.6. The van der Waals surface area contributed by atoms with E-state index in [4.69, 9.17) is 5.73 Å². The number of carbonyl (C=O) groups excluding carboxylic acids is 1. The highest BCUT2D eigenvalue weighted by molar-refractivity contribution is 5.84. The van der Waals surface area contributed by atoms with Crippen molar-refractivity contribution in [3.63, 3.8) is 0 Å². The van der Waals surface area contributed by atoms with Crippen LogP contribution in [-0.2, 0) is 17.4 Å². The molecule has 0 saturated heterocycles. The molecule has 0 fully saturated rings. The number of unbranched alkanes of at least 4 members (excludes halogenated alkanes) is 1. The minimum atomic E-state index is -4.64. The number of aromatic nitrogens is 2. The Kier molecular flexibility index (Phi) is 6.23. The number of hydrogen-bond donors (Lipinski definition) is 1. The van der Waals surface area contributed by atoms with Gasteiger partial charge in [-0.15, -0.1) is 0 Å². The summed E-state index contributed by atoms with van der Waals surface area (Å²) in [6, 6.07) is 7.49. The molecule has 0 aliphatic carbocycles. The molecule has 1 unspecified atom stereocenters. The number of para-hydroxylation sites is 1. The van der Waals surface area contributed by atoms with Gasteiger partial charge in [-0.1, -0.05) is 29.8 Å². The van der Waals surface area contributed by atoms with Gasteiger partial charge in [-0.25, -0.2) is 0 Å². The number of amides is 1. The van der Waals surface area contributed by atoms with E-state index in [1.807, 2.05) is 43.3 Å². The molecule has 6 nitrogen and oxygen atoms in total. The number of aryl methyl sites for hydroxylation is 1. The van der Waals surface area contributed by atoms with Gasteiger partial charge in [0.1, 0.15) is 0 Å². The summed E-state index contributed by atoms with van der Waals surface area (Å²) < 4.78 is 41.5. The van der Waals surface area contributed by atoms with Crippen LogP contribution in [0.5, 0.6) is 0 Å². The average Bonchev–Trinajstić information content (AvgIpc) is 3.03. The quantitative estimate of drug-likeness (QED) is 0.722. The van der Waals surface area contributed by atoms with Crippen LogP contribution in [0.1, 0.15) is 42.5 Å². The number of benzene rings is 1. The van der Waals surface area contributed by atoms with Crippen LogP contribution in [0.2, 0.25) is 0 Å². The first-order valence-corrected chi connectivity index (χ1v) is 8.15. The molecule has 0 radical (unpaired) electrons. The second-order valence-electron chi connectivity index (χ2n) is 6.17. The number of halogens is 3. The molecule has 0 spiro atoms. The fourth-order valence-corrected chi connectivity index (χ4v) is 2.74. The predicted octanol–water partition coefficient (Wildman–Crippen LogP) is 3.14. The lowest BCUT2D eigenvalue weighted by molar-refractivity contribution is -0.159. The van der Waals surface area contributed by atoms with Gasteiger partial charge >= 0.3 is 12.1 Å². The number of anilines is 1. The number of nitrogens with zero attached hydrogens (tertiary/aromatic N) is 3. The molecule has 1 heterocycles. The van der Waals surface area contributed by atoms with E-state index in [-0.39, 0.29) is 12.2 Å². The Bertz CT molecular complexity index is 744. The molecule has 2 rings (SSSR count). The minimum Gasteiger partial charge on any atom is -0.377 e. The number of primary amides is 1. The van der Waals surface area contributed by atoms with E-state index in [0.717, 1.165) is 11.3 Å². The molecule has 1 aromatic carbocycles. The van der Waals surface area contributed by atoms with E-state index < -0.39 is 23.9 Å². The maximum absolute atomic E-state index is 12.4. The fourth-order valence-electron chi connectivity index (χ4n) is 2.74. The van der Waals surface area contributed by atoms with Crippen LogP contribution in [0.4, 0.5) is 18.9 Å². The summed E-state index contributed by atoms with van der Waals surface area (Å²) in [5, 5.41) is 3.33. The number of rotatable bonds is 8. The Morgan fingerprint density at radius 3 is 2.54 bits per heavy atom. The van der Waals surface area contributed by atoms with Gasteiger partial charge in [0.05, 0.1) is 5.92 Å². The Hall–Kier alpha value is -2.58. The monoisotopic (exact) mass is 370 g/mol. The lowest BCUT2D eigenvalue weighted by atomic mass is 9.91. The highest BCUT2D eigenvalue weighted by Gasteiger charge is 2.38. The molecule has 0 bridgehead atoms. The molecule has 0 aliphatic heterocycles. The first kappa shape index (κ1) is 19.7. The van der Waals surface area contributed by atoms with Crippen molar-refractivity contribution in [3.8, 4) is 0 Å². The molecule has 142 valence electrons. The summed E-state index contributed by atoms with van der Waals surface area (Å²) in [5.41, 5.74) is 7.30. The van der Waals surface area contributed by atoms with Crippen LogP contribution in [0.3, 0.4) is 0 Å². The molecule has 0 aliphatic rings. The Morgan fingerprint density at radius 2 is 1.96 bits per heavy atom. The van der Waals surface area contributed by atoms with Crippen LogP contribution in [0.25, 0.3) is 0 Å². The molecule has 1 aromatic heterocycles. The fraction of sp³-hybridized carbons (Fsp3) is 0.471. The van der Waals surface area contributed by atoms with Gasteiger partial charge < -0.3 is 15.2 Å². The van der Waals surface area contributed by atoms with Crippen LogP contribution in [0, 0.1) is 0 Å². The number of carbonyl (C=O) groups is 1. The van der Waals surface area contributed by atoms with E-state index in [0.29, 0.717) is 19.3 Å². The molecule has 9 heteroatoms. The van der Waals surface area contributed by atoms with Crippen molar-refractivity contribution >= 4 is 11.6 Å². The first-order chi connectivity index (χ1) is 12.2. The Labute approximate surface area is 149 Å². The van der Waals surface area contributed by atoms with Crippen LogP contribution in [-0.4, -0.2) is 30.1 Å². The molecule has 2 aromatic rings. The molecular weight excluding hydrogens is 349 g/mol. The van der Waals surface area contributed by atoms with Gasteiger partial charge in [-0.3, -0.25) is 4.79 Å². The average molecular weight is 370 g/mol. The standard InChI is InChI=1S/C17H21F3N4O2/c1-24(2)13-9-5-3-7-11(13)12(15(21)25)8-4-6-10-14-22-16(26-23-14)17(18,19)20/h3,5,7,9,12H,4,6,8,10H2,1-2H3,(H2,21,25). The summed E-state index contributed by atoms with van der Waals surface area (Å²) in [7, 11) is 3.76. The van der Waals surface area contributed by atoms with Gasteiger partial charge in [0.2, 0.25) is 5.91 Å². The summed E-state index contributed by atoms with van der Waals surface area (Å²) in [4.78, 5) is 17.1. The van der Waals surface area contributed by atoms with Crippen LogP contribution in [0.15, 0.2) is 28.8 Å². The van der Waals surface area contributed by atoms with Gasteiger partial charge in [-0.05, 0) is 24.5 Å². The van der Waals surface area contributed by atoms with Crippen molar-refractivity contribution in [1.29, 1.82) is 0 Å². The summed E-state index contributed by atoms with van der Waals surface area (Å²) in [5.74, 6) is -2.24. The van der Waals surface area contributed by atoms with Crippen molar-refractivity contribution in [3.05, 3.63) is 41.5 Å². The first-order valence-electron chi connectivity index (χ1n) is 8.15. The zero-order chi connectivity index (χ0) is 19.3. The third-order valence-electron chi connectivity index (χ3n) is 3.99. The second kappa shape index (κ2) is 8.20. The molecule has 2 N–H and O–H groups in total. The van der Waals surface area contributed by atoms with Gasteiger partial charge in [0, 0.05) is 26.2 Å².